The van der Waals surface area contributed by atoms with E-state index in [9.17, 15) is 43.5 Å². The maximum atomic E-state index is 12.9. The van der Waals surface area contributed by atoms with Crippen molar-refractivity contribution in [3.05, 3.63) is 122 Å². The number of esters is 3. The van der Waals surface area contributed by atoms with Crippen molar-refractivity contribution in [1.29, 1.82) is 0 Å². The third kappa shape index (κ3) is 82.7. The van der Waals surface area contributed by atoms with Crippen molar-refractivity contribution in [1.82, 2.24) is 0 Å². The van der Waals surface area contributed by atoms with Crippen molar-refractivity contribution >= 4 is 33.6 Å². The van der Waals surface area contributed by atoms with Crippen LogP contribution in [0.4, 0.5) is 0 Å². The second-order valence-corrected chi connectivity index (χ2v) is 31.5. The van der Waals surface area contributed by atoms with Crippen LogP contribution in [0.15, 0.2) is 122 Å². The molecule has 0 amide bonds. The lowest BCUT2D eigenvalue weighted by Gasteiger charge is -2.21. The summed E-state index contributed by atoms with van der Waals surface area (Å²) >= 11 is 0. The van der Waals surface area contributed by atoms with Gasteiger partial charge >= 0.3 is 33.6 Å². The van der Waals surface area contributed by atoms with Crippen LogP contribution >= 0.6 is 15.6 Å². The lowest BCUT2D eigenvalue weighted by Crippen LogP contribution is -2.30. The van der Waals surface area contributed by atoms with Gasteiger partial charge in [-0.2, -0.15) is 0 Å². The molecule has 618 valence electrons. The van der Waals surface area contributed by atoms with Gasteiger partial charge in [-0.3, -0.25) is 32.5 Å². The van der Waals surface area contributed by atoms with Gasteiger partial charge in [-0.05, 0) is 128 Å². The van der Waals surface area contributed by atoms with Gasteiger partial charge in [-0.25, -0.2) is 9.13 Å². The van der Waals surface area contributed by atoms with Crippen LogP contribution in [0.25, 0.3) is 0 Å². The van der Waals surface area contributed by atoms with Gasteiger partial charge in [0, 0.05) is 19.3 Å². The third-order valence-corrected chi connectivity index (χ3v) is 20.0. The van der Waals surface area contributed by atoms with E-state index < -0.39 is 91.5 Å². The predicted molar refractivity (Wildman–Crippen MR) is 445 cm³/mol. The highest BCUT2D eigenvalue weighted by Gasteiger charge is 2.29. The molecule has 0 aromatic carbocycles. The van der Waals surface area contributed by atoms with E-state index in [2.05, 4.69) is 142 Å². The molecule has 16 nitrogen and oxygen atoms in total. The Kier molecular flexibility index (Phi) is 78.4. The zero-order valence-electron chi connectivity index (χ0n) is 67.8. The van der Waals surface area contributed by atoms with Crippen LogP contribution in [0.1, 0.15) is 367 Å². The molecule has 0 aromatic heterocycles. The van der Waals surface area contributed by atoms with E-state index in [4.69, 9.17) is 32.3 Å². The Hall–Kier alpha value is -4.05. The van der Waals surface area contributed by atoms with Crippen LogP contribution in [0, 0.1) is 0 Å². The largest absolute Gasteiger partial charge is 0.472 e. The Morgan fingerprint density at radius 3 is 0.822 bits per heavy atom. The summed E-state index contributed by atoms with van der Waals surface area (Å²) in [4.78, 5) is 58.7. The van der Waals surface area contributed by atoms with Crippen LogP contribution in [0.5, 0.6) is 0 Å². The van der Waals surface area contributed by atoms with E-state index in [1.807, 2.05) is 0 Å². The molecule has 18 heteroatoms. The highest BCUT2D eigenvalue weighted by atomic mass is 31.2. The van der Waals surface area contributed by atoms with Crippen molar-refractivity contribution in [2.24, 2.45) is 0 Å². The Morgan fingerprint density at radius 1 is 0.271 bits per heavy atom. The van der Waals surface area contributed by atoms with Crippen molar-refractivity contribution in [2.45, 2.75) is 386 Å². The Balaban J connectivity index is 4.36. The molecule has 0 aliphatic rings. The predicted octanol–water partition coefficient (Wildman–Crippen LogP) is 25.7. The van der Waals surface area contributed by atoms with Gasteiger partial charge in [0.2, 0.25) is 0 Å². The normalized spacial score (nSPS) is 14.5. The van der Waals surface area contributed by atoms with Gasteiger partial charge < -0.3 is 34.2 Å². The number of phosphoric ester groups is 2. The van der Waals surface area contributed by atoms with E-state index in [1.165, 1.54) is 167 Å². The first-order chi connectivity index (χ1) is 52.2. The summed E-state index contributed by atoms with van der Waals surface area (Å²) in [5.41, 5.74) is 0. The Morgan fingerprint density at radius 2 is 0.505 bits per heavy atom. The second-order valence-electron chi connectivity index (χ2n) is 28.6. The number of unbranched alkanes of at least 4 members (excludes halogenated alkanes) is 38. The minimum Gasteiger partial charge on any atom is -0.463 e. The quantitative estimate of drug-likeness (QED) is 0.0146. The summed E-state index contributed by atoms with van der Waals surface area (Å²) in [6, 6.07) is 0. The molecule has 0 rings (SSSR count). The Labute approximate surface area is 653 Å². The van der Waals surface area contributed by atoms with Gasteiger partial charge in [0.1, 0.15) is 25.4 Å². The molecular formula is C89H156O16P2. The van der Waals surface area contributed by atoms with E-state index >= 15 is 0 Å². The molecule has 0 heterocycles. The minimum atomic E-state index is -4.93. The number of aliphatic hydroxyl groups excluding tert-OH is 2. The van der Waals surface area contributed by atoms with Crippen LogP contribution in [0.2, 0.25) is 0 Å². The number of rotatable bonds is 81. The molecule has 5 atom stereocenters. The maximum absolute atomic E-state index is 12.9. The summed E-state index contributed by atoms with van der Waals surface area (Å²) in [6.07, 6.45) is 98.5. The molecule has 107 heavy (non-hydrogen) atoms. The first-order valence-electron chi connectivity index (χ1n) is 42.8. The van der Waals surface area contributed by atoms with Crippen molar-refractivity contribution in [3.63, 3.8) is 0 Å². The summed E-state index contributed by atoms with van der Waals surface area (Å²) in [6.45, 7) is 2.52. The van der Waals surface area contributed by atoms with E-state index in [0.29, 0.717) is 19.3 Å². The van der Waals surface area contributed by atoms with Crippen molar-refractivity contribution in [3.8, 4) is 0 Å². The first kappa shape index (κ1) is 103. The molecular weight excluding hydrogens is 1390 g/mol. The zero-order chi connectivity index (χ0) is 78.0. The second kappa shape index (κ2) is 81.4. The summed E-state index contributed by atoms with van der Waals surface area (Å²) < 4.78 is 61.2. The number of allylic oxidation sites excluding steroid dienone is 20. The lowest BCUT2D eigenvalue weighted by atomic mass is 10.0. The van der Waals surface area contributed by atoms with E-state index in [-0.39, 0.29) is 19.3 Å². The van der Waals surface area contributed by atoms with E-state index in [0.717, 1.165) is 141 Å². The molecule has 0 bridgehead atoms. The topological polar surface area (TPSA) is 231 Å². The summed E-state index contributed by atoms with van der Waals surface area (Å²) in [7, 11) is -9.79. The monoisotopic (exact) mass is 1540 g/mol. The third-order valence-electron chi connectivity index (χ3n) is 18.1. The van der Waals surface area contributed by atoms with Gasteiger partial charge in [0.25, 0.3) is 0 Å². The summed E-state index contributed by atoms with van der Waals surface area (Å²) in [5.74, 6) is -1.58. The molecule has 0 spiro atoms. The summed E-state index contributed by atoms with van der Waals surface area (Å²) in [5, 5.41) is 20.7. The number of hydrogen-bond acceptors (Lipinski definition) is 14. The van der Waals surface area contributed by atoms with Gasteiger partial charge in [0.05, 0.1) is 26.4 Å². The van der Waals surface area contributed by atoms with Crippen LogP contribution in [0.3, 0.4) is 0 Å². The smallest absolute Gasteiger partial charge is 0.463 e. The molecule has 0 aromatic rings. The molecule has 0 aliphatic carbocycles. The number of carbonyl (C=O) groups is 3. The van der Waals surface area contributed by atoms with Crippen LogP contribution in [-0.2, 0) is 55.8 Å². The lowest BCUT2D eigenvalue weighted by molar-refractivity contribution is -0.161. The zero-order valence-corrected chi connectivity index (χ0v) is 69.6. The Bertz CT molecular complexity index is 2430. The van der Waals surface area contributed by atoms with E-state index in [1.54, 1.807) is 0 Å². The minimum absolute atomic E-state index is 0.0936. The molecule has 0 fully saturated rings. The van der Waals surface area contributed by atoms with Crippen molar-refractivity contribution < 1.29 is 75.8 Å². The fraction of sp³-hybridized carbons (Fsp3) is 0.742. The number of hydrogen-bond donors (Lipinski definition) is 4. The maximum Gasteiger partial charge on any atom is 0.472 e. The van der Waals surface area contributed by atoms with Crippen LogP contribution < -0.4 is 0 Å². The van der Waals surface area contributed by atoms with Gasteiger partial charge in [0.15, 0.2) is 6.10 Å². The number of ether oxygens (including phenoxy) is 3. The van der Waals surface area contributed by atoms with Crippen LogP contribution in [-0.4, -0.2) is 95.9 Å². The molecule has 0 saturated carbocycles. The number of phosphoric acid groups is 2. The standard InChI is InChI=1S/C89H156O16P2/c1-4-7-10-13-16-19-22-24-26-28-30-32-34-36-38-39-40-41-42-43-45-47-48-50-52-54-56-58-61-63-66-69-72-75-87(92)99-78-84(90)79-101-106(95,96)102-80-85(91)81-103-107(97,98)104-83-86(105-89(94)77-74-71-68-65-60-21-18-15-12-9-6-3)82-100-88(93)76-73-70-67-64-62-59-57-55-53-51-49-46-44-37-35-33-31-29-27-25-23-20-17-14-11-8-5-2/h7,10,15-20,24-27,30-33,36-38,44,84-86,90-91H,4-6,8-9,11-14,21-23,28-29,34-35,39-43,45-83H2,1-3H3,(H,95,96)(H,97,98)/b10-7-,18-15-,19-16-,20-17-,26-24-,27-25-,32-30-,33-31-,38-36-,44-37-. The highest BCUT2D eigenvalue weighted by Crippen LogP contribution is 2.45. The molecule has 0 radical (unpaired) electrons. The molecule has 0 saturated heterocycles. The average Bonchev–Trinajstić information content (AvgIpc) is 0.940. The molecule has 0 aliphatic heterocycles. The fourth-order valence-electron chi connectivity index (χ4n) is 11.6. The first-order valence-corrected chi connectivity index (χ1v) is 45.8. The molecule has 5 unspecified atom stereocenters. The highest BCUT2D eigenvalue weighted by molar-refractivity contribution is 7.47. The average molecular weight is 1540 g/mol. The van der Waals surface area contributed by atoms with Gasteiger partial charge in [-0.1, -0.05) is 341 Å². The number of aliphatic hydroxyl groups is 2. The van der Waals surface area contributed by atoms with Crippen molar-refractivity contribution in [2.75, 3.05) is 39.6 Å². The molecule has 4 N–H and O–H groups in total. The SMILES string of the molecule is CC/C=C\C/C=C\C/C=C\C/C=C\C/C=C\CCCCCCCCCCCCCCCCCCCC(=O)OCC(O)COP(=O)(O)OCC(O)COP(=O)(O)OCC(COC(=O)CCCCCCCCCCCCC/C=C\C/C=C\C/C=C\C/C=C\CCCCC)OC(=O)CCCCCCC/C=C\CCCC. The van der Waals surface area contributed by atoms with Gasteiger partial charge in [-0.15, -0.1) is 0 Å². The fourth-order valence-corrected chi connectivity index (χ4v) is 13.2. The number of carbonyl (C=O) groups excluding carboxylic acids is 3.